The Bertz CT molecular complexity index is 598. The van der Waals surface area contributed by atoms with E-state index in [0.29, 0.717) is 6.04 Å². The fourth-order valence-electron chi connectivity index (χ4n) is 2.55. The van der Waals surface area contributed by atoms with Crippen molar-refractivity contribution in [3.05, 3.63) is 29.8 Å². The van der Waals surface area contributed by atoms with Gasteiger partial charge in [0.15, 0.2) is 0 Å². The van der Waals surface area contributed by atoms with E-state index in [-0.39, 0.29) is 34.4 Å². The molecule has 3 atom stereocenters. The maximum absolute atomic E-state index is 12.3. The van der Waals surface area contributed by atoms with Crippen LogP contribution in [0.2, 0.25) is 0 Å². The summed E-state index contributed by atoms with van der Waals surface area (Å²) >= 11 is 1.74. The number of nitrogens with one attached hydrogen (secondary N) is 3. The first kappa shape index (κ1) is 22.1. The van der Waals surface area contributed by atoms with Crippen LogP contribution in [0.25, 0.3) is 0 Å². The average molecular weight is 487 g/mol. The number of rotatable bonds is 8. The van der Waals surface area contributed by atoms with Gasteiger partial charge in [0.05, 0.1) is 29.8 Å². The standard InChI is InChI=1S/C15H25N3O3S2.HI/c1-12-5-7-14(8-6-12)23(19,20)17-16-15-18(9-4-10-21-3)13(2)11-22-15;/h5-8,13,15-17H,4,9-11H2,1-3H3;1H. The minimum atomic E-state index is -3.54. The summed E-state index contributed by atoms with van der Waals surface area (Å²) in [6, 6.07) is 7.31. The summed E-state index contributed by atoms with van der Waals surface area (Å²) in [7, 11) is -1.85. The van der Waals surface area contributed by atoms with E-state index < -0.39 is 10.0 Å². The molecule has 1 aliphatic heterocycles. The highest BCUT2D eigenvalue weighted by molar-refractivity contribution is 7.99. The largest absolute Gasteiger partial charge is 1.00 e. The Hall–Kier alpha value is 0.0900. The quantitative estimate of drug-likeness (QED) is 0.209. The van der Waals surface area contributed by atoms with Gasteiger partial charge in [-0.2, -0.15) is 5.43 Å². The van der Waals surface area contributed by atoms with Crippen molar-refractivity contribution in [3.8, 4) is 0 Å². The van der Waals surface area contributed by atoms with E-state index in [2.05, 4.69) is 17.2 Å². The number of ether oxygens (including phenoxy) is 1. The van der Waals surface area contributed by atoms with Crippen molar-refractivity contribution in [2.45, 2.75) is 36.7 Å². The first-order valence-corrected chi connectivity index (χ1v) is 10.3. The molecule has 1 heterocycles. The highest BCUT2D eigenvalue weighted by Crippen LogP contribution is 2.13. The van der Waals surface area contributed by atoms with E-state index in [1.165, 1.54) is 4.90 Å². The molecule has 0 aliphatic carbocycles. The number of benzene rings is 1. The van der Waals surface area contributed by atoms with Crippen LogP contribution in [-0.2, 0) is 14.8 Å². The first-order chi connectivity index (χ1) is 10.9. The number of thioether (sulfide) groups is 1. The van der Waals surface area contributed by atoms with Crippen molar-refractivity contribution in [1.29, 1.82) is 0 Å². The summed E-state index contributed by atoms with van der Waals surface area (Å²) in [6.07, 6.45) is 0.958. The fraction of sp³-hybridized carbons (Fsp3) is 0.600. The molecule has 0 spiro atoms. The average Bonchev–Trinajstić information content (AvgIpc) is 2.87. The maximum atomic E-state index is 12.3. The summed E-state index contributed by atoms with van der Waals surface area (Å²) in [4.78, 5) is 4.14. The molecule has 0 saturated carbocycles. The van der Waals surface area contributed by atoms with Crippen molar-refractivity contribution < 1.29 is 42.0 Å². The summed E-state index contributed by atoms with van der Waals surface area (Å²) in [5.41, 5.74) is 4.04. The second-order valence-electron chi connectivity index (χ2n) is 5.85. The van der Waals surface area contributed by atoms with Gasteiger partial charge < -0.3 is 33.6 Å². The minimum Gasteiger partial charge on any atom is -1.00 e. The lowest BCUT2D eigenvalue weighted by Crippen LogP contribution is -3.18. The molecule has 0 amide bonds. The van der Waals surface area contributed by atoms with Gasteiger partial charge in [-0.25, -0.2) is 8.42 Å². The predicted molar refractivity (Wildman–Crippen MR) is 92.7 cm³/mol. The monoisotopic (exact) mass is 487 g/mol. The Labute approximate surface area is 166 Å². The van der Waals surface area contributed by atoms with Gasteiger partial charge in [-0.3, -0.25) is 0 Å². The van der Waals surface area contributed by atoms with Crippen LogP contribution in [0.5, 0.6) is 0 Å². The third kappa shape index (κ3) is 6.11. The van der Waals surface area contributed by atoms with E-state index in [1.54, 1.807) is 43.1 Å². The van der Waals surface area contributed by atoms with Gasteiger partial charge in [-0.15, -0.1) is 4.83 Å². The lowest BCUT2D eigenvalue weighted by atomic mass is 10.2. The molecule has 3 N–H and O–H groups in total. The van der Waals surface area contributed by atoms with Crippen LogP contribution in [0, 0.1) is 6.92 Å². The lowest BCUT2D eigenvalue weighted by molar-refractivity contribution is -0.929. The number of sulfonamides is 1. The zero-order chi connectivity index (χ0) is 16.9. The van der Waals surface area contributed by atoms with Crippen LogP contribution in [0.15, 0.2) is 29.2 Å². The molecule has 0 bridgehead atoms. The van der Waals surface area contributed by atoms with Gasteiger partial charge in [0.25, 0.3) is 10.0 Å². The normalized spacial score (nSPS) is 23.9. The second kappa shape index (κ2) is 10.3. The van der Waals surface area contributed by atoms with Gasteiger partial charge in [-0.05, 0) is 26.0 Å². The molecular formula is C15H26IN3O3S2. The van der Waals surface area contributed by atoms with E-state index in [1.807, 2.05) is 6.92 Å². The molecule has 1 fully saturated rings. The zero-order valence-corrected chi connectivity index (χ0v) is 18.0. The third-order valence-corrected chi connectivity index (χ3v) is 6.68. The second-order valence-corrected chi connectivity index (χ2v) is 8.67. The molecule has 1 aliphatic rings. The topological polar surface area (TPSA) is 71.9 Å². The van der Waals surface area contributed by atoms with Gasteiger partial charge in [0, 0.05) is 13.5 Å². The van der Waals surface area contributed by atoms with Crippen molar-refractivity contribution in [2.75, 3.05) is 26.0 Å². The van der Waals surface area contributed by atoms with Crippen molar-refractivity contribution in [3.63, 3.8) is 0 Å². The first-order valence-electron chi connectivity index (χ1n) is 7.74. The lowest BCUT2D eigenvalue weighted by Gasteiger charge is -2.24. The van der Waals surface area contributed by atoms with E-state index in [9.17, 15) is 8.42 Å². The molecule has 2 rings (SSSR count). The Kier molecular flexibility index (Phi) is 9.49. The molecule has 6 nitrogen and oxygen atoms in total. The number of quaternary nitrogens is 1. The Morgan fingerprint density at radius 1 is 1.33 bits per heavy atom. The molecule has 3 unspecified atom stereocenters. The third-order valence-electron chi connectivity index (χ3n) is 3.95. The molecule has 9 heteroatoms. The minimum absolute atomic E-state index is 0. The van der Waals surface area contributed by atoms with Gasteiger partial charge in [-0.1, -0.05) is 29.5 Å². The van der Waals surface area contributed by atoms with Crippen LogP contribution in [0.3, 0.4) is 0 Å². The molecule has 138 valence electrons. The van der Waals surface area contributed by atoms with Gasteiger partial charge in [0.2, 0.25) is 5.50 Å². The summed E-state index contributed by atoms with van der Waals surface area (Å²) in [5, 5.41) is 0. The summed E-state index contributed by atoms with van der Waals surface area (Å²) in [6.45, 7) is 5.79. The molecule has 1 saturated heterocycles. The molecular weight excluding hydrogens is 461 g/mol. The predicted octanol–water partition coefficient (Wildman–Crippen LogP) is -2.88. The van der Waals surface area contributed by atoms with E-state index >= 15 is 0 Å². The number of hydrogen-bond donors (Lipinski definition) is 3. The Balaban J connectivity index is 0.00000288. The molecule has 1 aromatic carbocycles. The fourth-order valence-corrected chi connectivity index (χ4v) is 4.91. The number of halogens is 1. The molecule has 0 radical (unpaired) electrons. The number of aryl methyl sites for hydroxylation is 1. The summed E-state index contributed by atoms with van der Waals surface area (Å²) in [5.74, 6) is 1.01. The number of hydrazine groups is 1. The van der Waals surface area contributed by atoms with Crippen LogP contribution in [0.1, 0.15) is 18.9 Å². The molecule has 1 aromatic rings. The van der Waals surface area contributed by atoms with Gasteiger partial charge in [0.1, 0.15) is 0 Å². The Morgan fingerprint density at radius 2 is 2.00 bits per heavy atom. The zero-order valence-electron chi connectivity index (χ0n) is 14.2. The van der Waals surface area contributed by atoms with Crippen LogP contribution < -0.4 is 39.1 Å². The highest BCUT2D eigenvalue weighted by Gasteiger charge is 2.35. The molecule has 0 aromatic heterocycles. The number of methoxy groups -OCH3 is 1. The maximum Gasteiger partial charge on any atom is 0.253 e. The van der Waals surface area contributed by atoms with E-state index in [4.69, 9.17) is 4.74 Å². The van der Waals surface area contributed by atoms with Crippen molar-refractivity contribution in [1.82, 2.24) is 10.3 Å². The van der Waals surface area contributed by atoms with Crippen LogP contribution in [-0.4, -0.2) is 46.0 Å². The smallest absolute Gasteiger partial charge is 0.253 e. The van der Waals surface area contributed by atoms with Gasteiger partial charge >= 0.3 is 0 Å². The van der Waals surface area contributed by atoms with Crippen LogP contribution >= 0.6 is 11.8 Å². The highest BCUT2D eigenvalue weighted by atomic mass is 127. The molecule has 24 heavy (non-hydrogen) atoms. The van der Waals surface area contributed by atoms with Crippen molar-refractivity contribution >= 4 is 21.8 Å². The SMILES string of the molecule is COCCC[NH+]1C(C)CSC1NNS(=O)(=O)c1ccc(C)cc1.[I-]. The van der Waals surface area contributed by atoms with E-state index in [0.717, 1.165) is 30.9 Å². The summed E-state index contributed by atoms with van der Waals surface area (Å²) < 4.78 is 29.8. The number of hydrogen-bond acceptors (Lipinski definition) is 5. The van der Waals surface area contributed by atoms with Crippen molar-refractivity contribution in [2.24, 2.45) is 0 Å². The Morgan fingerprint density at radius 3 is 2.62 bits per heavy atom. The van der Waals surface area contributed by atoms with Crippen LogP contribution in [0.4, 0.5) is 0 Å².